The highest BCUT2D eigenvalue weighted by Crippen LogP contribution is 2.65. The van der Waals surface area contributed by atoms with E-state index >= 15 is 0 Å². The third-order valence-corrected chi connectivity index (χ3v) is 8.88. The Kier molecular flexibility index (Phi) is 5.30. The van der Waals surface area contributed by atoms with Gasteiger partial charge in [-0.25, -0.2) is 0 Å². The zero-order valence-electron chi connectivity index (χ0n) is 18.8. The van der Waals surface area contributed by atoms with E-state index in [9.17, 15) is 9.59 Å². The van der Waals surface area contributed by atoms with Crippen LogP contribution in [0.4, 0.5) is 0 Å². The molecule has 4 heteroatoms. The highest BCUT2D eigenvalue weighted by molar-refractivity contribution is 5.88. The fourth-order valence-electron chi connectivity index (χ4n) is 7.33. The Balaban J connectivity index is 1.62. The third kappa shape index (κ3) is 3.22. The summed E-state index contributed by atoms with van der Waals surface area (Å²) in [5.74, 6) is 2.85. The number of carbonyl (C=O) groups is 2. The van der Waals surface area contributed by atoms with E-state index in [1.807, 2.05) is 14.1 Å². The Morgan fingerprint density at radius 3 is 2.72 bits per heavy atom. The summed E-state index contributed by atoms with van der Waals surface area (Å²) >= 11 is 0. The van der Waals surface area contributed by atoms with Crippen molar-refractivity contribution in [2.45, 2.75) is 58.8 Å². The quantitative estimate of drug-likeness (QED) is 0.687. The molecule has 4 nitrogen and oxygen atoms in total. The number of nitrogens with zero attached hydrogens (tertiary/aromatic N) is 1. The summed E-state index contributed by atoms with van der Waals surface area (Å²) in [6.45, 7) is 5.35. The van der Waals surface area contributed by atoms with Crippen molar-refractivity contribution in [2.24, 2.45) is 34.5 Å². The zero-order chi connectivity index (χ0) is 21.0. The van der Waals surface area contributed by atoms with Crippen molar-refractivity contribution in [3.05, 3.63) is 23.5 Å². The van der Waals surface area contributed by atoms with Crippen LogP contribution in [0.25, 0.3) is 0 Å². The molecule has 4 aliphatic carbocycles. The van der Waals surface area contributed by atoms with Gasteiger partial charge in [-0.3, -0.25) is 9.59 Å². The van der Waals surface area contributed by atoms with Gasteiger partial charge in [-0.05, 0) is 68.7 Å². The molecule has 0 aliphatic heterocycles. The molecule has 0 aromatic carbocycles. The number of ketones is 2. The number of carbonyl (C=O) groups excluding carboxylic acids is 2. The predicted molar refractivity (Wildman–Crippen MR) is 114 cm³/mol. The Morgan fingerprint density at radius 2 is 2.03 bits per heavy atom. The lowest BCUT2D eigenvalue weighted by molar-refractivity contribution is -0.145. The zero-order valence-corrected chi connectivity index (χ0v) is 18.8. The molecule has 0 saturated heterocycles. The van der Waals surface area contributed by atoms with Crippen LogP contribution >= 0.6 is 0 Å². The average Bonchev–Trinajstić information content (AvgIpc) is 3.01. The Hall–Kier alpha value is -1.42. The van der Waals surface area contributed by atoms with E-state index in [4.69, 9.17) is 4.74 Å². The monoisotopic (exact) mass is 399 g/mol. The maximum absolute atomic E-state index is 13.6. The Morgan fingerprint density at radius 1 is 1.28 bits per heavy atom. The molecule has 29 heavy (non-hydrogen) atoms. The Labute approximate surface area is 175 Å². The summed E-state index contributed by atoms with van der Waals surface area (Å²) in [4.78, 5) is 28.8. The van der Waals surface area contributed by atoms with Gasteiger partial charge in [-0.15, -0.1) is 0 Å². The second-order valence-electron chi connectivity index (χ2n) is 10.7. The predicted octanol–water partition coefficient (Wildman–Crippen LogP) is 4.41. The van der Waals surface area contributed by atoms with Gasteiger partial charge in [0.25, 0.3) is 0 Å². The largest absolute Gasteiger partial charge is 0.501 e. The molecule has 0 spiro atoms. The van der Waals surface area contributed by atoms with Crippen molar-refractivity contribution in [3.8, 4) is 0 Å². The molecular formula is C25H37NO3. The summed E-state index contributed by atoms with van der Waals surface area (Å²) in [5.41, 5.74) is 1.08. The first kappa shape index (κ1) is 20.8. The molecule has 0 radical (unpaired) electrons. The van der Waals surface area contributed by atoms with Crippen molar-refractivity contribution in [3.63, 3.8) is 0 Å². The van der Waals surface area contributed by atoms with Crippen molar-refractivity contribution >= 4 is 11.6 Å². The summed E-state index contributed by atoms with van der Waals surface area (Å²) in [7, 11) is 5.77. The molecular weight excluding hydrogens is 362 g/mol. The van der Waals surface area contributed by atoms with E-state index < -0.39 is 0 Å². The molecule has 4 aliphatic rings. The van der Waals surface area contributed by atoms with Crippen LogP contribution in [0.1, 0.15) is 58.8 Å². The van der Waals surface area contributed by atoms with Crippen molar-refractivity contribution < 1.29 is 14.3 Å². The van der Waals surface area contributed by atoms with Gasteiger partial charge in [0.1, 0.15) is 11.6 Å². The molecule has 0 bridgehead atoms. The van der Waals surface area contributed by atoms with Crippen molar-refractivity contribution in [2.75, 3.05) is 27.7 Å². The normalized spacial score (nSPS) is 41.2. The molecule has 0 N–H and O–H groups in total. The van der Waals surface area contributed by atoms with Crippen LogP contribution in [0, 0.1) is 34.5 Å². The van der Waals surface area contributed by atoms with Crippen LogP contribution in [0.3, 0.4) is 0 Å². The second-order valence-corrected chi connectivity index (χ2v) is 10.7. The lowest BCUT2D eigenvalue weighted by atomic mass is 9.47. The number of methoxy groups -OCH3 is 1. The minimum absolute atomic E-state index is 0.0573. The minimum atomic E-state index is -0.147. The fourth-order valence-corrected chi connectivity index (χ4v) is 7.33. The molecule has 2 fully saturated rings. The lowest BCUT2D eigenvalue weighted by Gasteiger charge is -2.55. The molecule has 0 aromatic rings. The average molecular weight is 400 g/mol. The number of hydrogen-bond acceptors (Lipinski definition) is 4. The molecule has 0 aromatic heterocycles. The van der Waals surface area contributed by atoms with E-state index in [0.717, 1.165) is 44.4 Å². The molecule has 2 saturated carbocycles. The van der Waals surface area contributed by atoms with Gasteiger partial charge in [0, 0.05) is 43.1 Å². The maximum Gasteiger partial charge on any atom is 0.137 e. The SMILES string of the molecule is COC1=CC2=CC[C@H]3[C@@H]4CC[C@H](C(=O)CCN(C)C)[C@@]4(C)CC(=O)[C@@H]3[C@@]2(C)CC1. The van der Waals surface area contributed by atoms with Crippen LogP contribution in [0.5, 0.6) is 0 Å². The number of hydrogen-bond donors (Lipinski definition) is 0. The van der Waals surface area contributed by atoms with Gasteiger partial charge < -0.3 is 9.64 Å². The molecule has 4 rings (SSSR count). The maximum atomic E-state index is 13.6. The number of ether oxygens (including phenoxy) is 1. The first-order valence-corrected chi connectivity index (χ1v) is 11.4. The summed E-state index contributed by atoms with van der Waals surface area (Å²) < 4.78 is 5.51. The van der Waals surface area contributed by atoms with E-state index in [0.29, 0.717) is 36.2 Å². The smallest absolute Gasteiger partial charge is 0.137 e. The minimum Gasteiger partial charge on any atom is -0.501 e. The number of rotatable bonds is 5. The molecule has 6 atom stereocenters. The molecule has 0 amide bonds. The summed E-state index contributed by atoms with van der Waals surface area (Å²) in [6, 6.07) is 0. The number of allylic oxidation sites excluding steroid dienone is 4. The second kappa shape index (κ2) is 7.37. The van der Waals surface area contributed by atoms with E-state index in [2.05, 4.69) is 30.9 Å². The molecule has 160 valence electrons. The first-order chi connectivity index (χ1) is 13.7. The van der Waals surface area contributed by atoms with Crippen LogP contribution < -0.4 is 0 Å². The van der Waals surface area contributed by atoms with Gasteiger partial charge in [0.15, 0.2) is 0 Å². The standard InChI is InChI=1S/C25H37NO3/c1-24-12-10-17(29-5)14-16(24)6-7-18-19-8-9-20(21(27)11-13-26(3)4)25(19,2)15-22(28)23(18)24/h6,14,18-20,23H,7-13,15H2,1-5H3/t18-,19-,20+,23+,24-,25-/m0/s1. The van der Waals surface area contributed by atoms with Crippen LogP contribution in [0.2, 0.25) is 0 Å². The summed E-state index contributed by atoms with van der Waals surface area (Å²) in [5, 5.41) is 0. The van der Waals surface area contributed by atoms with E-state index in [1.54, 1.807) is 7.11 Å². The summed E-state index contributed by atoms with van der Waals surface area (Å²) in [6.07, 6.45) is 10.7. The van der Waals surface area contributed by atoms with Crippen LogP contribution in [-0.4, -0.2) is 44.2 Å². The number of Topliss-reactive ketones (excluding diaryl/α,β-unsaturated/α-hetero) is 2. The molecule has 0 heterocycles. The number of fused-ring (bicyclic) bond motifs is 5. The molecule has 0 unspecified atom stereocenters. The van der Waals surface area contributed by atoms with E-state index in [1.165, 1.54) is 5.57 Å². The topological polar surface area (TPSA) is 46.6 Å². The van der Waals surface area contributed by atoms with E-state index in [-0.39, 0.29) is 22.7 Å². The van der Waals surface area contributed by atoms with Gasteiger partial charge in [0.2, 0.25) is 0 Å². The lowest BCUT2D eigenvalue weighted by Crippen LogP contribution is -2.54. The van der Waals surface area contributed by atoms with Crippen molar-refractivity contribution in [1.29, 1.82) is 0 Å². The first-order valence-electron chi connectivity index (χ1n) is 11.4. The highest BCUT2D eigenvalue weighted by atomic mass is 16.5. The van der Waals surface area contributed by atoms with Gasteiger partial charge in [-0.2, -0.15) is 0 Å². The van der Waals surface area contributed by atoms with Crippen molar-refractivity contribution in [1.82, 2.24) is 4.90 Å². The van der Waals surface area contributed by atoms with Gasteiger partial charge >= 0.3 is 0 Å². The fraction of sp³-hybridized carbons (Fsp3) is 0.760. The third-order valence-electron chi connectivity index (χ3n) is 8.88. The van der Waals surface area contributed by atoms with Gasteiger partial charge in [0.05, 0.1) is 12.9 Å². The Bertz CT molecular complexity index is 766. The van der Waals surface area contributed by atoms with Gasteiger partial charge in [-0.1, -0.05) is 19.9 Å². The van der Waals surface area contributed by atoms with Crippen LogP contribution in [-0.2, 0) is 14.3 Å². The highest BCUT2D eigenvalue weighted by Gasteiger charge is 2.62. The van der Waals surface area contributed by atoms with Crippen LogP contribution in [0.15, 0.2) is 23.5 Å².